The van der Waals surface area contributed by atoms with Crippen LogP contribution in [0.3, 0.4) is 0 Å². The third-order valence-electron chi connectivity index (χ3n) is 3.31. The van der Waals surface area contributed by atoms with Gasteiger partial charge in [-0.05, 0) is 18.6 Å². The summed E-state index contributed by atoms with van der Waals surface area (Å²) in [4.78, 5) is 13.4. The summed E-state index contributed by atoms with van der Waals surface area (Å²) < 4.78 is 0.285. The number of benzene rings is 1. The van der Waals surface area contributed by atoms with Gasteiger partial charge < -0.3 is 10.0 Å². The molecule has 0 bridgehead atoms. The van der Waals surface area contributed by atoms with Crippen LogP contribution in [0.1, 0.15) is 30.6 Å². The maximum absolute atomic E-state index is 11.2. The lowest BCUT2D eigenvalue weighted by molar-refractivity contribution is 0.0697. The quantitative estimate of drug-likeness (QED) is 0.892. The molecule has 0 unspecified atom stereocenters. The second-order valence-corrected chi connectivity index (χ2v) is 6.97. The van der Waals surface area contributed by atoms with E-state index in [0.717, 1.165) is 31.0 Å². The molecule has 0 amide bonds. The average Bonchev–Trinajstić information content (AvgIpc) is 2.50. The number of hydrogen-bond acceptors (Lipinski definition) is 3. The van der Waals surface area contributed by atoms with E-state index in [0.29, 0.717) is 5.56 Å². The van der Waals surface area contributed by atoms with E-state index in [-0.39, 0.29) is 4.75 Å². The maximum atomic E-state index is 11.2. The summed E-state index contributed by atoms with van der Waals surface area (Å²) >= 11 is 1.96. The Labute approximate surface area is 112 Å². The largest absolute Gasteiger partial charge is 0.478 e. The molecule has 0 radical (unpaired) electrons. The van der Waals surface area contributed by atoms with Crippen LogP contribution in [-0.2, 0) is 0 Å². The Morgan fingerprint density at radius 1 is 1.33 bits per heavy atom. The van der Waals surface area contributed by atoms with E-state index in [4.69, 9.17) is 0 Å². The summed E-state index contributed by atoms with van der Waals surface area (Å²) in [6.07, 6.45) is 1.08. The van der Waals surface area contributed by atoms with Crippen molar-refractivity contribution in [2.75, 3.05) is 23.7 Å². The molecular formula is C14H19NO2S. The lowest BCUT2D eigenvalue weighted by Gasteiger charge is -2.25. The minimum Gasteiger partial charge on any atom is -0.478 e. The predicted molar refractivity (Wildman–Crippen MR) is 76.8 cm³/mol. The van der Waals surface area contributed by atoms with E-state index in [9.17, 15) is 9.90 Å². The fourth-order valence-electron chi connectivity index (χ4n) is 2.19. The molecule has 98 valence electrons. The van der Waals surface area contributed by atoms with Gasteiger partial charge in [-0.25, -0.2) is 4.79 Å². The summed E-state index contributed by atoms with van der Waals surface area (Å²) in [5, 5.41) is 9.24. The van der Waals surface area contributed by atoms with Crippen molar-refractivity contribution in [3.63, 3.8) is 0 Å². The first-order chi connectivity index (χ1) is 8.49. The molecule has 2 rings (SSSR count). The van der Waals surface area contributed by atoms with E-state index in [2.05, 4.69) is 18.7 Å². The van der Waals surface area contributed by atoms with E-state index in [1.54, 1.807) is 12.1 Å². The van der Waals surface area contributed by atoms with E-state index >= 15 is 0 Å². The van der Waals surface area contributed by atoms with Gasteiger partial charge in [-0.3, -0.25) is 0 Å². The van der Waals surface area contributed by atoms with E-state index in [1.807, 2.05) is 23.9 Å². The molecule has 0 atom stereocenters. The molecule has 1 fully saturated rings. The van der Waals surface area contributed by atoms with Crippen LogP contribution in [0.25, 0.3) is 0 Å². The summed E-state index contributed by atoms with van der Waals surface area (Å²) in [5.41, 5.74) is 1.26. The number of para-hydroxylation sites is 1. The Morgan fingerprint density at radius 3 is 2.78 bits per heavy atom. The van der Waals surface area contributed by atoms with Crippen LogP contribution in [0, 0.1) is 0 Å². The highest BCUT2D eigenvalue weighted by Crippen LogP contribution is 2.33. The van der Waals surface area contributed by atoms with E-state index < -0.39 is 5.97 Å². The number of carboxylic acids is 1. The molecule has 18 heavy (non-hydrogen) atoms. The van der Waals surface area contributed by atoms with Gasteiger partial charge in [0.05, 0.1) is 11.3 Å². The molecule has 1 aromatic carbocycles. The van der Waals surface area contributed by atoms with Gasteiger partial charge in [0.2, 0.25) is 0 Å². The highest BCUT2D eigenvalue weighted by Gasteiger charge is 2.25. The summed E-state index contributed by atoms with van der Waals surface area (Å²) in [5.74, 6) is 0.197. The van der Waals surface area contributed by atoms with Crippen molar-refractivity contribution >= 4 is 23.4 Å². The summed E-state index contributed by atoms with van der Waals surface area (Å²) in [7, 11) is 0. The number of carboxylic acid groups (broad SMARTS) is 1. The smallest absolute Gasteiger partial charge is 0.337 e. The van der Waals surface area contributed by atoms with Crippen LogP contribution < -0.4 is 4.90 Å². The molecule has 1 saturated heterocycles. The Balaban J connectivity index is 2.24. The van der Waals surface area contributed by atoms with Crippen molar-refractivity contribution in [3.8, 4) is 0 Å². The summed E-state index contributed by atoms with van der Waals surface area (Å²) in [6, 6.07) is 7.28. The summed E-state index contributed by atoms with van der Waals surface area (Å²) in [6.45, 7) is 6.34. The zero-order valence-electron chi connectivity index (χ0n) is 10.8. The van der Waals surface area contributed by atoms with Crippen molar-refractivity contribution in [2.45, 2.75) is 25.0 Å². The van der Waals surface area contributed by atoms with Gasteiger partial charge in [-0.2, -0.15) is 11.8 Å². The van der Waals surface area contributed by atoms with Gasteiger partial charge in [0.25, 0.3) is 0 Å². The highest BCUT2D eigenvalue weighted by molar-refractivity contribution is 8.00. The molecule has 1 heterocycles. The van der Waals surface area contributed by atoms with Crippen molar-refractivity contribution in [3.05, 3.63) is 29.8 Å². The maximum Gasteiger partial charge on any atom is 0.337 e. The molecule has 1 N–H and O–H groups in total. The number of hydrogen-bond donors (Lipinski definition) is 1. The topological polar surface area (TPSA) is 40.5 Å². The number of rotatable bonds is 2. The van der Waals surface area contributed by atoms with Crippen LogP contribution in [-0.4, -0.2) is 34.7 Å². The molecular weight excluding hydrogens is 246 g/mol. The van der Waals surface area contributed by atoms with Crippen LogP contribution in [0.2, 0.25) is 0 Å². The van der Waals surface area contributed by atoms with Crippen molar-refractivity contribution in [1.82, 2.24) is 0 Å². The number of carbonyl (C=O) groups is 1. The standard InChI is InChI=1S/C14H19NO2S/c1-14(2)7-8-15(9-10-18-14)12-6-4-3-5-11(12)13(16)17/h3-6H,7-10H2,1-2H3,(H,16,17). The molecule has 0 spiro atoms. The molecule has 0 aliphatic carbocycles. The fourth-order valence-corrected chi connectivity index (χ4v) is 3.29. The molecule has 0 aromatic heterocycles. The first kappa shape index (κ1) is 13.3. The minimum atomic E-state index is -0.846. The Hall–Kier alpha value is -1.16. The molecule has 1 aliphatic heterocycles. The van der Waals surface area contributed by atoms with Crippen LogP contribution in [0.5, 0.6) is 0 Å². The normalized spacial score (nSPS) is 19.3. The van der Waals surface area contributed by atoms with Crippen molar-refractivity contribution in [2.24, 2.45) is 0 Å². The number of thioether (sulfide) groups is 1. The van der Waals surface area contributed by atoms with Crippen molar-refractivity contribution < 1.29 is 9.90 Å². The lowest BCUT2D eigenvalue weighted by atomic mass is 10.1. The number of aromatic carboxylic acids is 1. The molecule has 3 nitrogen and oxygen atoms in total. The first-order valence-electron chi connectivity index (χ1n) is 6.21. The zero-order valence-corrected chi connectivity index (χ0v) is 11.7. The zero-order chi connectivity index (χ0) is 13.2. The second-order valence-electron chi connectivity index (χ2n) is 5.17. The Bertz CT molecular complexity index is 445. The predicted octanol–water partition coefficient (Wildman–Crippen LogP) is 3.11. The van der Waals surface area contributed by atoms with E-state index in [1.165, 1.54) is 0 Å². The van der Waals surface area contributed by atoms with Gasteiger partial charge in [0.15, 0.2) is 0 Å². The van der Waals surface area contributed by atoms with Gasteiger partial charge in [0, 0.05) is 23.6 Å². The molecule has 1 aliphatic rings. The molecule has 4 heteroatoms. The number of nitrogens with zero attached hydrogens (tertiary/aromatic N) is 1. The molecule has 0 saturated carbocycles. The third kappa shape index (κ3) is 2.99. The second kappa shape index (κ2) is 5.22. The van der Waals surface area contributed by atoms with Gasteiger partial charge in [-0.1, -0.05) is 26.0 Å². The van der Waals surface area contributed by atoms with Crippen molar-refractivity contribution in [1.29, 1.82) is 0 Å². The van der Waals surface area contributed by atoms with Gasteiger partial charge >= 0.3 is 5.97 Å². The van der Waals surface area contributed by atoms with Gasteiger partial charge in [-0.15, -0.1) is 0 Å². The SMILES string of the molecule is CC1(C)CCN(c2ccccc2C(=O)O)CCS1. The molecule has 1 aromatic rings. The number of anilines is 1. The average molecular weight is 265 g/mol. The lowest BCUT2D eigenvalue weighted by Crippen LogP contribution is -2.28. The highest BCUT2D eigenvalue weighted by atomic mass is 32.2. The van der Waals surface area contributed by atoms with Crippen LogP contribution >= 0.6 is 11.8 Å². The van der Waals surface area contributed by atoms with Gasteiger partial charge in [0.1, 0.15) is 0 Å². The third-order valence-corrected chi connectivity index (χ3v) is 4.69. The Morgan fingerprint density at radius 2 is 2.06 bits per heavy atom. The first-order valence-corrected chi connectivity index (χ1v) is 7.19. The Kier molecular flexibility index (Phi) is 3.85. The van der Waals surface area contributed by atoms with Crippen LogP contribution in [0.4, 0.5) is 5.69 Å². The monoisotopic (exact) mass is 265 g/mol. The fraction of sp³-hybridized carbons (Fsp3) is 0.500. The minimum absolute atomic E-state index is 0.285. The van der Waals surface area contributed by atoms with Crippen LogP contribution in [0.15, 0.2) is 24.3 Å².